The highest BCUT2D eigenvalue weighted by atomic mass is 13.6. The Bertz CT molecular complexity index is 140. The van der Waals surface area contributed by atoms with Crippen molar-refractivity contribution in [3.63, 3.8) is 0 Å². The fraction of sp³-hybridized carbons (Fsp3) is 0. The molecule has 0 bridgehead atoms. The van der Waals surface area contributed by atoms with Gasteiger partial charge in [0.25, 0.3) is 0 Å². The van der Waals surface area contributed by atoms with Crippen LogP contribution in [0.4, 0.5) is 0 Å². The SMILES string of the molecule is C=C=CC=CC=C=C. The molecule has 0 amide bonds. The summed E-state index contributed by atoms with van der Waals surface area (Å²) in [4.78, 5) is 0. The maximum atomic E-state index is 3.38. The van der Waals surface area contributed by atoms with Crippen LogP contribution in [0.15, 0.2) is 48.9 Å². The number of rotatable bonds is 2. The average Bonchev–Trinajstić information content (AvgIpc) is 1.81. The quantitative estimate of drug-likeness (QED) is 0.372. The molecule has 0 aromatic heterocycles. The lowest BCUT2D eigenvalue weighted by Crippen LogP contribution is -1.41. The lowest BCUT2D eigenvalue weighted by atomic mass is 10.4. The maximum absolute atomic E-state index is 3.38. The first-order valence-electron chi connectivity index (χ1n) is 2.28. The molecule has 0 N–H and O–H groups in total. The first kappa shape index (κ1) is 6.78. The maximum Gasteiger partial charge on any atom is -0.0206 e. The van der Waals surface area contributed by atoms with Crippen molar-refractivity contribution in [1.29, 1.82) is 0 Å². The van der Waals surface area contributed by atoms with Crippen LogP contribution in [0, 0.1) is 0 Å². The van der Waals surface area contributed by atoms with Crippen LogP contribution in [0.5, 0.6) is 0 Å². The molecule has 0 aliphatic carbocycles. The van der Waals surface area contributed by atoms with Crippen molar-refractivity contribution < 1.29 is 0 Å². The van der Waals surface area contributed by atoms with E-state index >= 15 is 0 Å². The van der Waals surface area contributed by atoms with Crippen LogP contribution in [0.1, 0.15) is 0 Å². The zero-order valence-electron chi connectivity index (χ0n) is 4.72. The van der Waals surface area contributed by atoms with Crippen LogP contribution < -0.4 is 0 Å². The standard InChI is InChI=1S/C8H8/c1-3-5-7-8-6-4-2/h5-8H,1-2H2. The summed E-state index contributed by atoms with van der Waals surface area (Å²) in [6.45, 7) is 6.75. The van der Waals surface area contributed by atoms with E-state index in [-0.39, 0.29) is 0 Å². The van der Waals surface area contributed by atoms with Gasteiger partial charge in [-0.15, -0.1) is 11.5 Å². The summed E-state index contributed by atoms with van der Waals surface area (Å²) in [5.41, 5.74) is 5.19. The largest absolute Gasteiger partial charge is 0.129 e. The number of allylic oxidation sites excluding steroid dienone is 4. The molecule has 0 radical (unpaired) electrons. The molecular formula is C8H8. The van der Waals surface area contributed by atoms with E-state index in [1.807, 2.05) is 12.2 Å². The Balaban J connectivity index is 3.66. The second-order valence-electron chi connectivity index (χ2n) is 1.13. The van der Waals surface area contributed by atoms with Crippen molar-refractivity contribution >= 4 is 0 Å². The molecular weight excluding hydrogens is 96.1 g/mol. The predicted octanol–water partition coefficient (Wildman–Crippen LogP) is 2.22. The second-order valence-corrected chi connectivity index (χ2v) is 1.13. The molecule has 0 unspecified atom stereocenters. The highest BCUT2D eigenvalue weighted by molar-refractivity contribution is 5.08. The summed E-state index contributed by atoms with van der Waals surface area (Å²) in [5, 5.41) is 0. The van der Waals surface area contributed by atoms with Crippen LogP contribution in [-0.4, -0.2) is 0 Å². The van der Waals surface area contributed by atoms with Gasteiger partial charge in [0.1, 0.15) is 0 Å². The Labute approximate surface area is 49.8 Å². The van der Waals surface area contributed by atoms with E-state index in [1.165, 1.54) is 0 Å². The third kappa shape index (κ3) is 4.78. The molecule has 0 spiro atoms. The summed E-state index contributed by atoms with van der Waals surface area (Å²) in [6, 6.07) is 0. The van der Waals surface area contributed by atoms with Gasteiger partial charge in [-0.3, -0.25) is 0 Å². The molecule has 40 valence electrons. The number of hydrogen-bond acceptors (Lipinski definition) is 0. The van der Waals surface area contributed by atoms with Gasteiger partial charge >= 0.3 is 0 Å². The van der Waals surface area contributed by atoms with Gasteiger partial charge in [-0.1, -0.05) is 25.3 Å². The summed E-state index contributed by atoms with van der Waals surface area (Å²) >= 11 is 0. The lowest BCUT2D eigenvalue weighted by Gasteiger charge is -1.62. The Morgan fingerprint density at radius 3 is 1.50 bits per heavy atom. The van der Waals surface area contributed by atoms with Crippen molar-refractivity contribution in [3.05, 3.63) is 48.9 Å². The Hall–Kier alpha value is -1.22. The normalized spacial score (nSPS) is 7.50. The Morgan fingerprint density at radius 2 is 1.25 bits per heavy atom. The van der Waals surface area contributed by atoms with Gasteiger partial charge in [0.05, 0.1) is 0 Å². The molecule has 0 rings (SSSR count). The lowest BCUT2D eigenvalue weighted by molar-refractivity contribution is 1.95. The molecule has 8 heavy (non-hydrogen) atoms. The van der Waals surface area contributed by atoms with Gasteiger partial charge in [-0.2, -0.15) is 0 Å². The zero-order chi connectivity index (χ0) is 6.24. The molecule has 0 aromatic rings. The van der Waals surface area contributed by atoms with E-state index in [1.54, 1.807) is 12.2 Å². The molecule has 0 aromatic carbocycles. The van der Waals surface area contributed by atoms with Crippen LogP contribution in [0.3, 0.4) is 0 Å². The minimum Gasteiger partial charge on any atom is -0.129 e. The molecule has 0 aliphatic rings. The molecule has 0 fully saturated rings. The van der Waals surface area contributed by atoms with Crippen molar-refractivity contribution in [2.24, 2.45) is 0 Å². The van der Waals surface area contributed by atoms with Crippen molar-refractivity contribution in [2.75, 3.05) is 0 Å². The topological polar surface area (TPSA) is 0 Å². The van der Waals surface area contributed by atoms with Gasteiger partial charge in [-0.05, 0) is 12.2 Å². The van der Waals surface area contributed by atoms with Gasteiger partial charge < -0.3 is 0 Å². The average molecular weight is 104 g/mol. The molecule has 0 saturated heterocycles. The molecule has 0 nitrogen and oxygen atoms in total. The summed E-state index contributed by atoms with van der Waals surface area (Å²) < 4.78 is 0. The number of hydrogen-bond donors (Lipinski definition) is 0. The summed E-state index contributed by atoms with van der Waals surface area (Å²) in [6.07, 6.45) is 7.05. The van der Waals surface area contributed by atoms with E-state index < -0.39 is 0 Å². The Morgan fingerprint density at radius 1 is 0.875 bits per heavy atom. The molecule has 0 saturated carbocycles. The van der Waals surface area contributed by atoms with Gasteiger partial charge in [0.2, 0.25) is 0 Å². The molecule has 0 aliphatic heterocycles. The fourth-order valence-corrected chi connectivity index (χ4v) is 0.247. The highest BCUT2D eigenvalue weighted by Crippen LogP contribution is 1.72. The summed E-state index contributed by atoms with van der Waals surface area (Å²) in [7, 11) is 0. The smallest absolute Gasteiger partial charge is 0.0206 e. The minimum absolute atomic E-state index is 1.72. The van der Waals surface area contributed by atoms with Crippen LogP contribution >= 0.6 is 0 Å². The molecule has 0 heteroatoms. The van der Waals surface area contributed by atoms with Crippen molar-refractivity contribution in [3.8, 4) is 0 Å². The first-order valence-corrected chi connectivity index (χ1v) is 2.28. The first-order chi connectivity index (χ1) is 3.91. The summed E-state index contributed by atoms with van der Waals surface area (Å²) in [5.74, 6) is 0. The van der Waals surface area contributed by atoms with Crippen molar-refractivity contribution in [2.45, 2.75) is 0 Å². The monoisotopic (exact) mass is 104 g/mol. The zero-order valence-corrected chi connectivity index (χ0v) is 4.72. The van der Waals surface area contributed by atoms with Crippen LogP contribution in [0.2, 0.25) is 0 Å². The highest BCUT2D eigenvalue weighted by Gasteiger charge is 1.52. The van der Waals surface area contributed by atoms with Crippen LogP contribution in [-0.2, 0) is 0 Å². The van der Waals surface area contributed by atoms with Crippen molar-refractivity contribution in [1.82, 2.24) is 0 Å². The predicted molar refractivity (Wildman–Crippen MR) is 36.6 cm³/mol. The third-order valence-electron chi connectivity index (χ3n) is 0.539. The molecule has 0 heterocycles. The Kier molecular flexibility index (Phi) is 4.90. The van der Waals surface area contributed by atoms with E-state index in [0.717, 1.165) is 0 Å². The van der Waals surface area contributed by atoms with E-state index in [2.05, 4.69) is 24.6 Å². The third-order valence-corrected chi connectivity index (χ3v) is 0.539. The minimum atomic E-state index is 1.72. The second kappa shape index (κ2) is 5.78. The van der Waals surface area contributed by atoms with Crippen LogP contribution in [0.25, 0.3) is 0 Å². The molecule has 0 atom stereocenters. The van der Waals surface area contributed by atoms with E-state index in [0.29, 0.717) is 0 Å². The van der Waals surface area contributed by atoms with Gasteiger partial charge in [0.15, 0.2) is 0 Å². The van der Waals surface area contributed by atoms with Gasteiger partial charge in [0, 0.05) is 0 Å². The fourth-order valence-electron chi connectivity index (χ4n) is 0.247. The van der Waals surface area contributed by atoms with Gasteiger partial charge in [-0.25, -0.2) is 0 Å². The van der Waals surface area contributed by atoms with E-state index in [4.69, 9.17) is 0 Å². The van der Waals surface area contributed by atoms with E-state index in [9.17, 15) is 0 Å².